The van der Waals surface area contributed by atoms with E-state index in [4.69, 9.17) is 14.6 Å². The van der Waals surface area contributed by atoms with Crippen LogP contribution in [0, 0.1) is 13.3 Å². The molecular formula is C8H18NiO3P+. The van der Waals surface area contributed by atoms with Gasteiger partial charge in [-0.25, -0.2) is 0 Å². The Hall–Kier alpha value is 0.514. The molecule has 82 valence electrons. The third-order valence-electron chi connectivity index (χ3n) is 1.32. The van der Waals surface area contributed by atoms with Crippen molar-refractivity contribution in [1.82, 2.24) is 0 Å². The molecule has 0 aromatic carbocycles. The molecule has 0 radical (unpaired) electrons. The maximum absolute atomic E-state index is 8.51. The van der Waals surface area contributed by atoms with E-state index in [1.54, 1.807) is 0 Å². The maximum Gasteiger partial charge on any atom is 2.00 e. The van der Waals surface area contributed by atoms with Crippen LogP contribution < -0.4 is 0 Å². The molecule has 2 N–H and O–H groups in total. The van der Waals surface area contributed by atoms with E-state index in [-0.39, 0.29) is 23.1 Å². The van der Waals surface area contributed by atoms with Crippen LogP contribution in [0.25, 0.3) is 0 Å². The van der Waals surface area contributed by atoms with E-state index in [1.807, 2.05) is 0 Å². The van der Waals surface area contributed by atoms with Crippen LogP contribution in [0.4, 0.5) is 0 Å². The molecule has 1 unspecified atom stereocenters. The van der Waals surface area contributed by atoms with Gasteiger partial charge < -0.3 is 18.5 Å². The molecule has 0 spiro atoms. The summed E-state index contributed by atoms with van der Waals surface area (Å²) in [4.78, 5) is 7.04. The van der Waals surface area contributed by atoms with Gasteiger partial charge in [0.25, 0.3) is 0 Å². The van der Waals surface area contributed by atoms with E-state index in [0.29, 0.717) is 0 Å². The van der Waals surface area contributed by atoms with Gasteiger partial charge in [0.05, 0.1) is 0 Å². The van der Waals surface area contributed by atoms with Crippen LogP contribution in [0.1, 0.15) is 32.1 Å². The summed E-state index contributed by atoms with van der Waals surface area (Å²) in [5.74, 6) is 0. The van der Waals surface area contributed by atoms with Gasteiger partial charge in [-0.05, 0) is 4.57 Å². The molecule has 13 heavy (non-hydrogen) atoms. The van der Waals surface area contributed by atoms with Crippen LogP contribution in [-0.2, 0) is 21.1 Å². The van der Waals surface area contributed by atoms with Gasteiger partial charge in [-0.2, -0.15) is 17.7 Å². The van der Waals surface area contributed by atoms with Gasteiger partial charge in [-0.3, -0.25) is 0 Å². The van der Waals surface area contributed by atoms with E-state index in [0.717, 1.165) is 0 Å². The van der Waals surface area contributed by atoms with Crippen LogP contribution in [0.3, 0.4) is 0 Å². The SMILES string of the molecule is O=[PH+]O.[CH-]1CCCCC1.[CH2-]CO.[Ni+2]. The summed E-state index contributed by atoms with van der Waals surface area (Å²) in [6.07, 6.45) is 9.50. The van der Waals surface area contributed by atoms with Crippen molar-refractivity contribution in [3.8, 4) is 0 Å². The molecular weight excluding hydrogens is 234 g/mol. The normalized spacial score (nSPS) is 14.1. The largest absolute Gasteiger partial charge is 2.00 e. The third kappa shape index (κ3) is 32.6. The first kappa shape index (κ1) is 19.1. The van der Waals surface area contributed by atoms with Crippen molar-refractivity contribution >= 4 is 8.69 Å². The van der Waals surface area contributed by atoms with Crippen molar-refractivity contribution in [2.75, 3.05) is 6.61 Å². The van der Waals surface area contributed by atoms with E-state index in [9.17, 15) is 0 Å². The van der Waals surface area contributed by atoms with Gasteiger partial charge in [0, 0.05) is 0 Å². The van der Waals surface area contributed by atoms with Gasteiger partial charge in [-0.1, -0.05) is 25.9 Å². The van der Waals surface area contributed by atoms with Crippen molar-refractivity contribution in [2.24, 2.45) is 0 Å². The van der Waals surface area contributed by atoms with Crippen LogP contribution in [-0.4, -0.2) is 16.6 Å². The number of hydrogen-bond donors (Lipinski definition) is 2. The fourth-order valence-corrected chi connectivity index (χ4v) is 0.898. The maximum atomic E-state index is 8.51. The van der Waals surface area contributed by atoms with Crippen molar-refractivity contribution in [3.05, 3.63) is 13.3 Å². The fraction of sp³-hybridized carbons (Fsp3) is 0.750. The zero-order valence-electron chi connectivity index (χ0n) is 7.65. The monoisotopic (exact) mass is 251 g/mol. The molecule has 0 aromatic rings. The Labute approximate surface area is 92.1 Å². The number of hydrogen-bond acceptors (Lipinski definition) is 2. The predicted octanol–water partition coefficient (Wildman–Crippen LogP) is 1.88. The van der Waals surface area contributed by atoms with E-state index in [2.05, 4.69) is 13.3 Å². The number of aliphatic hydroxyl groups excluding tert-OH is 1. The first-order valence-corrected chi connectivity index (χ1v) is 4.92. The fourth-order valence-electron chi connectivity index (χ4n) is 0.898. The van der Waals surface area contributed by atoms with Crippen LogP contribution in [0.2, 0.25) is 0 Å². The van der Waals surface area contributed by atoms with Gasteiger partial charge >= 0.3 is 25.2 Å². The molecule has 1 aliphatic rings. The molecule has 0 aromatic heterocycles. The Bertz CT molecular complexity index is 68.3. The van der Waals surface area contributed by atoms with Crippen molar-refractivity contribution in [1.29, 1.82) is 0 Å². The molecule has 1 fully saturated rings. The second-order valence-electron chi connectivity index (χ2n) is 2.24. The molecule has 1 atom stereocenters. The Kier molecular flexibility index (Phi) is 33.7. The molecule has 1 aliphatic carbocycles. The van der Waals surface area contributed by atoms with Crippen LogP contribution in [0.15, 0.2) is 0 Å². The second-order valence-corrected chi connectivity index (χ2v) is 2.42. The Balaban J connectivity index is -0.000000126. The van der Waals surface area contributed by atoms with Crippen LogP contribution >= 0.6 is 8.69 Å². The van der Waals surface area contributed by atoms with Gasteiger partial charge in [0.2, 0.25) is 0 Å². The Morgan fingerprint density at radius 2 is 1.62 bits per heavy atom. The van der Waals surface area contributed by atoms with Crippen LogP contribution in [0.5, 0.6) is 0 Å². The van der Waals surface area contributed by atoms with Crippen molar-refractivity contribution < 1.29 is 31.1 Å². The molecule has 5 heteroatoms. The van der Waals surface area contributed by atoms with Crippen molar-refractivity contribution in [3.63, 3.8) is 0 Å². The van der Waals surface area contributed by atoms with E-state index >= 15 is 0 Å². The first-order chi connectivity index (χ1) is 5.83. The summed E-state index contributed by atoms with van der Waals surface area (Å²) in [6, 6.07) is 0. The topological polar surface area (TPSA) is 57.5 Å². The standard InChI is InChI=1S/C6H11.C2H5O.Ni.HO2P/c1-2-4-6-5-3-1;1-2-3;;1-3-2/h1H,2-6H2;3H,1-2H2;;3H/q2*-1;+2;/p+1. The minimum atomic E-state index is -1.17. The quantitative estimate of drug-likeness (QED) is 0.393. The molecule has 0 aliphatic heterocycles. The zero-order chi connectivity index (χ0) is 9.66. The summed E-state index contributed by atoms with van der Waals surface area (Å²) in [7, 11) is -1.17. The Morgan fingerprint density at radius 3 is 1.69 bits per heavy atom. The predicted molar refractivity (Wildman–Crippen MR) is 51.0 cm³/mol. The minimum Gasteiger partial charge on any atom is -0.428 e. The summed E-state index contributed by atoms with van der Waals surface area (Å²) >= 11 is 0. The molecule has 1 rings (SSSR count). The minimum absolute atomic E-state index is 0. The molecule has 0 saturated heterocycles. The van der Waals surface area contributed by atoms with Gasteiger partial charge in [0.15, 0.2) is 0 Å². The third-order valence-corrected chi connectivity index (χ3v) is 1.32. The van der Waals surface area contributed by atoms with E-state index in [1.165, 1.54) is 32.1 Å². The van der Waals surface area contributed by atoms with Crippen molar-refractivity contribution in [2.45, 2.75) is 32.1 Å². The number of rotatable bonds is 0. The summed E-state index contributed by atoms with van der Waals surface area (Å²) in [5.41, 5.74) is 0. The average Bonchev–Trinajstić information content (AvgIpc) is 2.10. The van der Waals surface area contributed by atoms with Gasteiger partial charge in [0.1, 0.15) is 0 Å². The summed E-state index contributed by atoms with van der Waals surface area (Å²) in [5, 5.41) is 7.46. The zero-order valence-corrected chi connectivity index (χ0v) is 9.63. The summed E-state index contributed by atoms with van der Waals surface area (Å²) < 4.78 is 8.51. The van der Waals surface area contributed by atoms with Gasteiger partial charge in [-0.15, -0.1) is 0 Å². The molecule has 1 saturated carbocycles. The first-order valence-electron chi connectivity index (χ1n) is 4.06. The smallest absolute Gasteiger partial charge is 0.428 e. The summed E-state index contributed by atoms with van der Waals surface area (Å²) in [6.45, 7) is 3.04. The average molecular weight is 252 g/mol. The second kappa shape index (κ2) is 22.9. The molecule has 0 amide bonds. The molecule has 0 heterocycles. The Morgan fingerprint density at radius 1 is 1.31 bits per heavy atom. The molecule has 0 bridgehead atoms. The number of aliphatic hydroxyl groups is 1. The molecule has 3 nitrogen and oxygen atoms in total. The van der Waals surface area contributed by atoms with E-state index < -0.39 is 8.69 Å².